The number of amides is 1. The van der Waals surface area contributed by atoms with Crippen molar-refractivity contribution in [2.45, 2.75) is 33.2 Å². The zero-order chi connectivity index (χ0) is 13.5. The van der Waals surface area contributed by atoms with E-state index in [1.807, 2.05) is 13.8 Å². The van der Waals surface area contributed by atoms with Gasteiger partial charge in [-0.15, -0.1) is 0 Å². The Morgan fingerprint density at radius 1 is 1.44 bits per heavy atom. The van der Waals surface area contributed by atoms with Gasteiger partial charge in [0.25, 0.3) is 0 Å². The molecule has 0 spiro atoms. The van der Waals surface area contributed by atoms with Crippen LogP contribution < -0.4 is 15.4 Å². The molecule has 0 aliphatic heterocycles. The topological polar surface area (TPSA) is 76.1 Å². The molecule has 6 heteroatoms. The highest BCUT2D eigenvalue weighted by Crippen LogP contribution is 2.12. The molecule has 0 unspecified atom stereocenters. The van der Waals surface area contributed by atoms with Crippen molar-refractivity contribution in [3.63, 3.8) is 0 Å². The Kier molecular flexibility index (Phi) is 5.35. The number of aromatic nitrogens is 2. The molecule has 0 radical (unpaired) electrons. The highest BCUT2D eigenvalue weighted by atomic mass is 16.5. The van der Waals surface area contributed by atoms with Crippen LogP contribution >= 0.6 is 0 Å². The van der Waals surface area contributed by atoms with Crippen molar-refractivity contribution in [3.05, 3.63) is 11.9 Å². The fraction of sp³-hybridized carbons (Fsp3) is 0.583. The molecule has 100 valence electrons. The minimum absolute atomic E-state index is 0.0234. The number of hydrogen-bond acceptors (Lipinski definition) is 5. The van der Waals surface area contributed by atoms with Crippen molar-refractivity contribution in [2.24, 2.45) is 0 Å². The third-order valence-electron chi connectivity index (χ3n) is 2.13. The van der Waals surface area contributed by atoms with Gasteiger partial charge in [0.05, 0.1) is 7.11 Å². The van der Waals surface area contributed by atoms with Crippen molar-refractivity contribution in [2.75, 3.05) is 19.0 Å². The number of carbonyl (C=O) groups excluding carboxylic acids is 1. The van der Waals surface area contributed by atoms with E-state index >= 15 is 0 Å². The smallest absolute Gasteiger partial charge is 0.221 e. The molecule has 1 heterocycles. The highest BCUT2D eigenvalue weighted by molar-refractivity contribution is 5.76. The summed E-state index contributed by atoms with van der Waals surface area (Å²) in [7, 11) is 1.56. The van der Waals surface area contributed by atoms with Gasteiger partial charge < -0.3 is 15.4 Å². The highest BCUT2D eigenvalue weighted by Gasteiger charge is 2.04. The van der Waals surface area contributed by atoms with Gasteiger partial charge in [0, 0.05) is 25.1 Å². The Morgan fingerprint density at radius 2 is 2.17 bits per heavy atom. The normalized spacial score (nSPS) is 10.3. The van der Waals surface area contributed by atoms with Crippen molar-refractivity contribution in [1.82, 2.24) is 15.3 Å². The summed E-state index contributed by atoms with van der Waals surface area (Å²) in [6.07, 6.45) is 0.406. The Hall–Kier alpha value is -1.85. The van der Waals surface area contributed by atoms with Gasteiger partial charge in [-0.1, -0.05) is 0 Å². The second-order valence-electron chi connectivity index (χ2n) is 4.24. The third-order valence-corrected chi connectivity index (χ3v) is 2.13. The van der Waals surface area contributed by atoms with E-state index in [1.54, 1.807) is 20.1 Å². The summed E-state index contributed by atoms with van der Waals surface area (Å²) in [5.74, 6) is 1.83. The number of ether oxygens (including phenoxy) is 1. The van der Waals surface area contributed by atoms with Crippen LogP contribution in [0.1, 0.15) is 26.1 Å². The molecule has 1 amide bonds. The molecular formula is C12H20N4O2. The second-order valence-corrected chi connectivity index (χ2v) is 4.24. The van der Waals surface area contributed by atoms with Gasteiger partial charge in [-0.3, -0.25) is 4.79 Å². The molecule has 0 bridgehead atoms. The molecule has 2 N–H and O–H groups in total. The quantitative estimate of drug-likeness (QED) is 0.793. The predicted molar refractivity (Wildman–Crippen MR) is 69.7 cm³/mol. The standard InChI is InChI=1S/C12H20N4O2/c1-8(2)14-11(17)5-6-13-10-7-12(18-4)16-9(3)15-10/h7-8H,5-6H2,1-4H3,(H,14,17)(H,13,15,16). The average molecular weight is 252 g/mol. The maximum atomic E-state index is 11.4. The zero-order valence-electron chi connectivity index (χ0n) is 11.3. The van der Waals surface area contributed by atoms with E-state index in [2.05, 4.69) is 20.6 Å². The first-order valence-corrected chi connectivity index (χ1v) is 5.94. The number of rotatable bonds is 6. The lowest BCUT2D eigenvalue weighted by Gasteiger charge is -2.10. The molecule has 0 atom stereocenters. The van der Waals surface area contributed by atoms with Crippen LogP contribution in [0.25, 0.3) is 0 Å². The first-order valence-electron chi connectivity index (χ1n) is 5.94. The third kappa shape index (κ3) is 4.99. The lowest BCUT2D eigenvalue weighted by Crippen LogP contribution is -2.31. The van der Waals surface area contributed by atoms with Crippen LogP contribution in [0.5, 0.6) is 5.88 Å². The van der Waals surface area contributed by atoms with E-state index in [0.29, 0.717) is 30.5 Å². The SMILES string of the molecule is COc1cc(NCCC(=O)NC(C)C)nc(C)n1. The Bertz CT molecular complexity index is 407. The van der Waals surface area contributed by atoms with Crippen LogP contribution in [0.2, 0.25) is 0 Å². The van der Waals surface area contributed by atoms with Gasteiger partial charge in [-0.2, -0.15) is 4.98 Å². The number of methoxy groups -OCH3 is 1. The lowest BCUT2D eigenvalue weighted by atomic mass is 10.3. The van der Waals surface area contributed by atoms with Crippen LogP contribution in [0.3, 0.4) is 0 Å². The van der Waals surface area contributed by atoms with E-state index in [-0.39, 0.29) is 11.9 Å². The van der Waals surface area contributed by atoms with Gasteiger partial charge >= 0.3 is 0 Å². The largest absolute Gasteiger partial charge is 0.481 e. The molecular weight excluding hydrogens is 232 g/mol. The van der Waals surface area contributed by atoms with Gasteiger partial charge in [0.1, 0.15) is 11.6 Å². The number of carbonyl (C=O) groups is 1. The summed E-state index contributed by atoms with van der Waals surface area (Å²) in [5, 5.41) is 5.90. The molecule has 1 aromatic heterocycles. The number of anilines is 1. The van der Waals surface area contributed by atoms with E-state index in [9.17, 15) is 4.79 Å². The molecule has 0 aliphatic carbocycles. The number of hydrogen-bond donors (Lipinski definition) is 2. The van der Waals surface area contributed by atoms with Crippen LogP contribution in [0, 0.1) is 6.92 Å². The van der Waals surface area contributed by atoms with Gasteiger partial charge in [0.2, 0.25) is 11.8 Å². The molecule has 0 saturated heterocycles. The van der Waals surface area contributed by atoms with Crippen molar-refractivity contribution in [1.29, 1.82) is 0 Å². The van der Waals surface area contributed by atoms with Crippen LogP contribution in [-0.4, -0.2) is 35.6 Å². The molecule has 0 saturated carbocycles. The molecule has 1 rings (SSSR count). The zero-order valence-corrected chi connectivity index (χ0v) is 11.3. The fourth-order valence-electron chi connectivity index (χ4n) is 1.43. The summed E-state index contributed by atoms with van der Waals surface area (Å²) in [6.45, 7) is 6.19. The van der Waals surface area contributed by atoms with Gasteiger partial charge in [-0.05, 0) is 20.8 Å². The summed E-state index contributed by atoms with van der Waals surface area (Å²) >= 11 is 0. The van der Waals surface area contributed by atoms with E-state index in [4.69, 9.17) is 4.74 Å². The predicted octanol–water partition coefficient (Wildman–Crippen LogP) is 1.12. The van der Waals surface area contributed by atoms with Crippen LogP contribution in [0.15, 0.2) is 6.07 Å². The summed E-state index contributed by atoms with van der Waals surface area (Å²) < 4.78 is 5.05. The first-order chi connectivity index (χ1) is 8.51. The van der Waals surface area contributed by atoms with Crippen LogP contribution in [0.4, 0.5) is 5.82 Å². The monoisotopic (exact) mass is 252 g/mol. The van der Waals surface area contributed by atoms with Gasteiger partial charge in [-0.25, -0.2) is 4.98 Å². The Labute approximate surface area is 107 Å². The number of nitrogens with one attached hydrogen (secondary N) is 2. The number of nitrogens with zero attached hydrogens (tertiary/aromatic N) is 2. The average Bonchev–Trinajstić information content (AvgIpc) is 2.27. The van der Waals surface area contributed by atoms with E-state index < -0.39 is 0 Å². The van der Waals surface area contributed by atoms with Crippen molar-refractivity contribution < 1.29 is 9.53 Å². The lowest BCUT2D eigenvalue weighted by molar-refractivity contribution is -0.121. The van der Waals surface area contributed by atoms with E-state index in [0.717, 1.165) is 0 Å². The molecule has 0 fully saturated rings. The minimum Gasteiger partial charge on any atom is -0.481 e. The maximum Gasteiger partial charge on any atom is 0.221 e. The number of aryl methyl sites for hydroxylation is 1. The Balaban J connectivity index is 2.44. The van der Waals surface area contributed by atoms with Crippen molar-refractivity contribution >= 4 is 11.7 Å². The van der Waals surface area contributed by atoms with Crippen molar-refractivity contribution in [3.8, 4) is 5.88 Å². The summed E-state index contributed by atoms with van der Waals surface area (Å²) in [4.78, 5) is 19.7. The van der Waals surface area contributed by atoms with Crippen LogP contribution in [-0.2, 0) is 4.79 Å². The second kappa shape index (κ2) is 6.78. The summed E-state index contributed by atoms with van der Waals surface area (Å²) in [5.41, 5.74) is 0. The van der Waals surface area contributed by atoms with E-state index in [1.165, 1.54) is 0 Å². The molecule has 6 nitrogen and oxygen atoms in total. The first kappa shape index (κ1) is 14.2. The van der Waals surface area contributed by atoms with Gasteiger partial charge in [0.15, 0.2) is 0 Å². The fourth-order valence-corrected chi connectivity index (χ4v) is 1.43. The maximum absolute atomic E-state index is 11.4. The Morgan fingerprint density at radius 3 is 2.78 bits per heavy atom. The molecule has 0 aromatic carbocycles. The molecule has 1 aromatic rings. The minimum atomic E-state index is 0.0234. The molecule has 0 aliphatic rings. The molecule has 18 heavy (non-hydrogen) atoms. The summed E-state index contributed by atoms with van der Waals surface area (Å²) in [6, 6.07) is 1.87.